The van der Waals surface area contributed by atoms with E-state index in [-0.39, 0.29) is 57.5 Å². The number of carbonyl (C=O) groups is 2. The molecule has 3 aromatic heterocycles. The van der Waals surface area contributed by atoms with Gasteiger partial charge in [-0.05, 0) is 83.7 Å². The predicted octanol–water partition coefficient (Wildman–Crippen LogP) is 9.45. The number of amides is 1. The number of ether oxygens (including phenoxy) is 4. The number of carboxylic acid groups (broad SMARTS) is 1. The molecule has 4 aromatic carbocycles. The quantitative estimate of drug-likeness (QED) is 0.0107. The summed E-state index contributed by atoms with van der Waals surface area (Å²) in [6.45, 7) is 5.76. The van der Waals surface area contributed by atoms with Gasteiger partial charge in [0.2, 0.25) is 17.9 Å². The first-order valence-corrected chi connectivity index (χ1v) is 30.0. The molecule has 7 aromatic rings. The lowest BCUT2D eigenvalue weighted by Crippen LogP contribution is -2.45. The summed E-state index contributed by atoms with van der Waals surface area (Å²) in [6.07, 6.45) is 1.11. The number of carboxylic acids is 1. The molecule has 0 aliphatic carbocycles. The molecule has 1 fully saturated rings. The van der Waals surface area contributed by atoms with E-state index in [9.17, 15) is 38.0 Å². The van der Waals surface area contributed by atoms with E-state index >= 15 is 0 Å². The fraction of sp³-hybridized carbons (Fsp3) is 0.333. The van der Waals surface area contributed by atoms with E-state index in [2.05, 4.69) is 56.4 Å². The number of fused-ring (bicyclic) bond motifs is 1. The lowest BCUT2D eigenvalue weighted by molar-refractivity contribution is -0.145. The van der Waals surface area contributed by atoms with Crippen molar-refractivity contribution in [3.05, 3.63) is 147 Å². The fourth-order valence-corrected chi connectivity index (χ4v) is 12.0. The van der Waals surface area contributed by atoms with Gasteiger partial charge in [0.05, 0.1) is 42.5 Å². The van der Waals surface area contributed by atoms with Gasteiger partial charge in [-0.1, -0.05) is 71.3 Å². The molecule has 0 radical (unpaired) electrons. The van der Waals surface area contributed by atoms with Crippen LogP contribution in [0.1, 0.15) is 28.8 Å². The second-order valence-electron chi connectivity index (χ2n) is 18.6. The normalized spacial score (nSPS) is 14.7. The lowest BCUT2D eigenvalue weighted by atomic mass is 9.96. The van der Waals surface area contributed by atoms with Gasteiger partial charge < -0.3 is 44.1 Å². The Balaban J connectivity index is 0.915. The van der Waals surface area contributed by atoms with Crippen LogP contribution < -0.4 is 19.5 Å². The molecular formula is C54H58ClFN10O14P2S. The SMILES string of the molecule is Cc1c(-c2c(-c3ccc(F)cc3)sc3ncnc(O[C@H](Cc4ccccc4OCc4ccnc(-c5cccc(COP(=O)(O)OP(=O)(O)OCCNC(=O)CCOCCN=[N+]=[N-])c5)n4)C(=O)O)c23)ccc(OCCN2CCN(C)CC2)c1Cl. The van der Waals surface area contributed by atoms with E-state index in [4.69, 9.17) is 45.1 Å². The maximum atomic E-state index is 14.3. The largest absolute Gasteiger partial charge is 0.491 e. The van der Waals surface area contributed by atoms with Gasteiger partial charge in [-0.3, -0.25) is 18.7 Å². The number of aliphatic carboxylic acids is 1. The van der Waals surface area contributed by atoms with E-state index in [1.54, 1.807) is 72.8 Å². The van der Waals surface area contributed by atoms with E-state index < -0.39 is 52.7 Å². The van der Waals surface area contributed by atoms with Crippen LogP contribution in [-0.4, -0.2) is 142 Å². The maximum absolute atomic E-state index is 14.3. The summed E-state index contributed by atoms with van der Waals surface area (Å²) in [7, 11) is -8.20. The van der Waals surface area contributed by atoms with Crippen molar-refractivity contribution in [2.24, 2.45) is 5.11 Å². The maximum Gasteiger partial charge on any atom is 0.481 e. The Bertz CT molecular complexity index is 3540. The molecule has 1 saturated heterocycles. The number of para-hydroxylation sites is 1. The van der Waals surface area contributed by atoms with Crippen molar-refractivity contribution < 1.29 is 70.3 Å². The molecule has 1 aliphatic heterocycles. The predicted molar refractivity (Wildman–Crippen MR) is 305 cm³/mol. The van der Waals surface area contributed by atoms with Crippen LogP contribution in [0.3, 0.4) is 0 Å². The summed E-state index contributed by atoms with van der Waals surface area (Å²) in [4.78, 5) is 71.9. The highest BCUT2D eigenvalue weighted by atomic mass is 35.5. The van der Waals surface area contributed by atoms with Gasteiger partial charge in [-0.25, -0.2) is 38.3 Å². The van der Waals surface area contributed by atoms with Gasteiger partial charge >= 0.3 is 21.6 Å². The molecular weight excluding hydrogens is 1160 g/mol. The molecule has 83 heavy (non-hydrogen) atoms. The van der Waals surface area contributed by atoms with Gasteiger partial charge in [-0.15, -0.1) is 11.3 Å². The van der Waals surface area contributed by atoms with Crippen molar-refractivity contribution in [2.45, 2.75) is 39.1 Å². The molecule has 29 heteroatoms. The van der Waals surface area contributed by atoms with Crippen molar-refractivity contribution >= 4 is 60.7 Å². The first-order chi connectivity index (χ1) is 40.0. The molecule has 4 N–H and O–H groups in total. The first-order valence-electron chi connectivity index (χ1n) is 25.8. The molecule has 0 bridgehead atoms. The Kier molecular flexibility index (Phi) is 22.1. The monoisotopic (exact) mass is 1220 g/mol. The minimum Gasteiger partial charge on any atom is -0.491 e. The molecule has 0 saturated carbocycles. The van der Waals surface area contributed by atoms with E-state index in [0.29, 0.717) is 82.9 Å². The third-order valence-electron chi connectivity index (χ3n) is 12.8. The van der Waals surface area contributed by atoms with Crippen LogP contribution in [0.2, 0.25) is 5.02 Å². The zero-order chi connectivity index (χ0) is 58.9. The molecule has 2 unspecified atom stereocenters. The number of halogens is 2. The van der Waals surface area contributed by atoms with Gasteiger partial charge in [-0.2, -0.15) is 4.31 Å². The second-order valence-corrected chi connectivity index (χ2v) is 23.0. The molecule has 1 aliphatic rings. The topological polar surface area (TPSA) is 312 Å². The number of likely N-dealkylation sites (N-methyl/N-ethyl adjacent to an activating group) is 1. The highest BCUT2D eigenvalue weighted by Crippen LogP contribution is 2.60. The Hall–Kier alpha value is -6.99. The third-order valence-corrected chi connectivity index (χ3v) is 17.0. The van der Waals surface area contributed by atoms with Crippen LogP contribution in [0, 0.1) is 12.7 Å². The average molecular weight is 1220 g/mol. The van der Waals surface area contributed by atoms with Crippen LogP contribution in [0.5, 0.6) is 17.4 Å². The molecule has 0 spiro atoms. The number of nitrogens with zero attached hydrogens (tertiary/aromatic N) is 9. The Morgan fingerprint density at radius 3 is 2.46 bits per heavy atom. The van der Waals surface area contributed by atoms with E-state index in [1.807, 2.05) is 13.0 Å². The number of nitrogens with one attached hydrogen (secondary N) is 1. The Morgan fingerprint density at radius 1 is 0.892 bits per heavy atom. The number of azide groups is 1. The Morgan fingerprint density at radius 2 is 1.67 bits per heavy atom. The number of phosphoric acid groups is 2. The smallest absolute Gasteiger partial charge is 0.481 e. The number of benzene rings is 4. The van der Waals surface area contributed by atoms with Crippen LogP contribution in [0.25, 0.3) is 53.6 Å². The summed E-state index contributed by atoms with van der Waals surface area (Å²) in [5.74, 6) is -1.06. The van der Waals surface area contributed by atoms with E-state index in [0.717, 1.165) is 32.7 Å². The third kappa shape index (κ3) is 17.8. The van der Waals surface area contributed by atoms with Crippen molar-refractivity contribution in [3.63, 3.8) is 0 Å². The highest BCUT2D eigenvalue weighted by Gasteiger charge is 2.35. The summed E-state index contributed by atoms with van der Waals surface area (Å²) in [6, 6.07) is 24.7. The summed E-state index contributed by atoms with van der Waals surface area (Å²) < 4.78 is 77.6. The highest BCUT2D eigenvalue weighted by molar-refractivity contribution is 7.61. The number of phosphoric ester groups is 2. The Labute approximate surface area is 484 Å². The van der Waals surface area contributed by atoms with Gasteiger partial charge in [0.15, 0.2) is 5.82 Å². The van der Waals surface area contributed by atoms with Gasteiger partial charge in [0.1, 0.15) is 41.7 Å². The lowest BCUT2D eigenvalue weighted by Gasteiger charge is -2.32. The minimum atomic E-state index is -5.18. The number of thiophene rings is 1. The van der Waals surface area contributed by atoms with Crippen LogP contribution in [-0.2, 0) is 56.4 Å². The summed E-state index contributed by atoms with van der Waals surface area (Å²) >= 11 is 8.39. The standard InChI is InChI=1S/C54H58ClFN10O14P2S/c1-35-42(14-15-44(49(35)55)75-29-25-66-23-21-65(2)22-24-66)47-48-52(60-34-61-53(48)83-50(47)37-10-12-40(56)13-11-37)79-45(54(68)69)31-38-7-3-4-9-43(38)76-33-41-16-18-59-51(63-41)39-8-5-6-36(30-39)32-78-82(72,73)80-81(70,71)77-28-19-58-46(67)17-26-74-27-20-62-64-57/h3-16,18,30,34,45H,17,19-29,31-33H2,1-2H3,(H,58,67)(H,68,69)(H,70,71)(H,72,73)/t45-/m1/s1. The van der Waals surface area contributed by atoms with Crippen molar-refractivity contribution in [1.82, 2.24) is 35.1 Å². The fourth-order valence-electron chi connectivity index (χ4n) is 8.54. The van der Waals surface area contributed by atoms with Gasteiger partial charge in [0, 0.05) is 85.8 Å². The number of aromatic nitrogens is 4. The van der Waals surface area contributed by atoms with Crippen molar-refractivity contribution in [1.29, 1.82) is 0 Å². The molecule has 1 amide bonds. The number of hydrogen-bond acceptors (Lipinski definition) is 19. The number of piperazine rings is 1. The van der Waals surface area contributed by atoms with Crippen LogP contribution in [0.4, 0.5) is 4.39 Å². The number of hydrogen-bond donors (Lipinski definition) is 4. The van der Waals surface area contributed by atoms with Crippen molar-refractivity contribution in [3.8, 4) is 50.3 Å². The zero-order valence-electron chi connectivity index (χ0n) is 44.9. The zero-order valence-corrected chi connectivity index (χ0v) is 48.3. The number of rotatable bonds is 30. The van der Waals surface area contributed by atoms with Crippen molar-refractivity contribution in [2.75, 3.05) is 79.3 Å². The molecule has 8 rings (SSSR count). The summed E-state index contributed by atoms with van der Waals surface area (Å²) in [5, 5.41) is 17.3. The number of carbonyl (C=O) groups excluding carboxylic acids is 1. The van der Waals surface area contributed by atoms with Crippen LogP contribution >= 0.6 is 38.6 Å². The molecule has 4 heterocycles. The van der Waals surface area contributed by atoms with E-state index in [1.165, 1.54) is 36.0 Å². The first kappa shape index (κ1) is 62.1. The van der Waals surface area contributed by atoms with Gasteiger partial charge in [0.25, 0.3) is 0 Å². The molecule has 438 valence electrons. The molecule has 3 atom stereocenters. The van der Waals surface area contributed by atoms with Crippen LogP contribution in [0.15, 0.2) is 109 Å². The summed E-state index contributed by atoms with van der Waals surface area (Å²) in [5.41, 5.74) is 12.7. The second kappa shape index (κ2) is 29.5. The average Bonchev–Trinajstić information content (AvgIpc) is 3.87. The minimum absolute atomic E-state index is 0.00431. The molecule has 24 nitrogen and oxygen atoms in total.